The standard InChI is InChI=1S/C25H30F3N5O5S/c1-29-22(36)38-23-31-12-19(39-23)24(37)8-5-18(6-9-24)33-10-7-17(14-33)32-20(34)13-30-21(35)15-3-2-4-16(11-15)25(26,27)28/h2-4,11-12,17-18,37H,5-10,13-14H2,1H3,(H,29,36)(H,30,35)(H,32,34)/t17-,18?,24?/m1/s1. The van der Waals surface area contributed by atoms with Crippen molar-refractivity contribution in [2.24, 2.45) is 0 Å². The zero-order chi connectivity index (χ0) is 28.2. The SMILES string of the molecule is CNC(=O)Oc1ncc(C2(O)CCC(N3CC[C@@H](NC(=O)CNC(=O)c4cccc(C(F)(F)F)c4)C3)CC2)s1. The quantitative estimate of drug-likeness (QED) is 0.403. The van der Waals surface area contributed by atoms with Crippen molar-refractivity contribution in [3.8, 4) is 5.19 Å². The Morgan fingerprint density at radius 3 is 2.67 bits per heavy atom. The second-order valence-corrected chi connectivity index (χ2v) is 10.7. The van der Waals surface area contributed by atoms with E-state index in [1.807, 2.05) is 0 Å². The van der Waals surface area contributed by atoms with Crippen LogP contribution in [-0.2, 0) is 16.6 Å². The normalized spacial score (nSPS) is 23.7. The highest BCUT2D eigenvalue weighted by Crippen LogP contribution is 2.42. The van der Waals surface area contributed by atoms with Crippen LogP contribution in [-0.4, -0.2) is 71.7 Å². The minimum atomic E-state index is -4.56. The Labute approximate surface area is 226 Å². The number of amides is 3. The van der Waals surface area contributed by atoms with Gasteiger partial charge in [-0.3, -0.25) is 14.5 Å². The van der Waals surface area contributed by atoms with Crippen LogP contribution in [0.5, 0.6) is 5.19 Å². The number of likely N-dealkylation sites (tertiary alicyclic amines) is 1. The van der Waals surface area contributed by atoms with Gasteiger partial charge in [-0.25, -0.2) is 9.78 Å². The van der Waals surface area contributed by atoms with Gasteiger partial charge in [-0.2, -0.15) is 13.2 Å². The van der Waals surface area contributed by atoms with Crippen LogP contribution in [0.15, 0.2) is 30.5 Å². The van der Waals surface area contributed by atoms with Crippen molar-refractivity contribution in [3.05, 3.63) is 46.5 Å². The molecule has 39 heavy (non-hydrogen) atoms. The van der Waals surface area contributed by atoms with E-state index in [0.717, 1.165) is 55.3 Å². The molecule has 3 amide bonds. The van der Waals surface area contributed by atoms with Crippen molar-refractivity contribution in [2.75, 3.05) is 26.7 Å². The molecule has 2 aliphatic rings. The number of carbonyl (C=O) groups excluding carboxylic acids is 3. The molecule has 1 aromatic carbocycles. The van der Waals surface area contributed by atoms with Crippen molar-refractivity contribution in [2.45, 2.75) is 56.0 Å². The van der Waals surface area contributed by atoms with E-state index in [0.29, 0.717) is 24.3 Å². The number of halogens is 3. The Hall–Kier alpha value is -3.23. The number of ether oxygens (including phenoxy) is 1. The molecule has 0 radical (unpaired) electrons. The Morgan fingerprint density at radius 1 is 1.23 bits per heavy atom. The highest BCUT2D eigenvalue weighted by Gasteiger charge is 2.40. The Bertz CT molecular complexity index is 1200. The lowest BCUT2D eigenvalue weighted by Gasteiger charge is -2.39. The van der Waals surface area contributed by atoms with Crippen LogP contribution in [0, 0.1) is 0 Å². The number of rotatable bonds is 7. The molecule has 14 heteroatoms. The number of aromatic nitrogens is 1. The van der Waals surface area contributed by atoms with Gasteiger partial charge in [0.15, 0.2) is 0 Å². The van der Waals surface area contributed by atoms with Crippen LogP contribution in [0.4, 0.5) is 18.0 Å². The summed E-state index contributed by atoms with van der Waals surface area (Å²) in [6.07, 6.45) is -0.392. The zero-order valence-corrected chi connectivity index (χ0v) is 22.0. The van der Waals surface area contributed by atoms with Crippen LogP contribution in [0.25, 0.3) is 0 Å². The van der Waals surface area contributed by atoms with Gasteiger partial charge >= 0.3 is 12.3 Å². The molecule has 4 N–H and O–H groups in total. The van der Waals surface area contributed by atoms with Crippen molar-refractivity contribution in [1.82, 2.24) is 25.8 Å². The molecule has 2 heterocycles. The van der Waals surface area contributed by atoms with Crippen molar-refractivity contribution in [1.29, 1.82) is 0 Å². The van der Waals surface area contributed by atoms with Gasteiger partial charge in [-0.05, 0) is 50.3 Å². The Morgan fingerprint density at radius 2 is 1.97 bits per heavy atom. The fraction of sp³-hybridized carbons (Fsp3) is 0.520. The summed E-state index contributed by atoms with van der Waals surface area (Å²) in [5.41, 5.74) is -2.14. The summed E-state index contributed by atoms with van der Waals surface area (Å²) in [7, 11) is 1.45. The predicted molar refractivity (Wildman–Crippen MR) is 135 cm³/mol. The Kier molecular flexibility index (Phi) is 8.76. The molecule has 0 spiro atoms. The average Bonchev–Trinajstić information content (AvgIpc) is 3.57. The van der Waals surface area contributed by atoms with Crippen LogP contribution in [0.2, 0.25) is 0 Å². The van der Waals surface area contributed by atoms with Crippen molar-refractivity contribution < 1.29 is 37.4 Å². The molecule has 1 aliphatic heterocycles. The third-order valence-electron chi connectivity index (χ3n) is 7.07. The summed E-state index contributed by atoms with van der Waals surface area (Å²) in [6, 6.07) is 4.15. The van der Waals surface area contributed by atoms with Gasteiger partial charge in [0.25, 0.3) is 11.1 Å². The highest BCUT2D eigenvalue weighted by atomic mass is 32.1. The second kappa shape index (κ2) is 11.9. The molecule has 4 rings (SSSR count). The van der Waals surface area contributed by atoms with E-state index in [-0.39, 0.29) is 29.4 Å². The number of hydrogen-bond acceptors (Lipinski definition) is 8. The first-order valence-corrected chi connectivity index (χ1v) is 13.4. The number of alkyl halides is 3. The number of nitrogens with zero attached hydrogens (tertiary/aromatic N) is 2. The van der Waals surface area contributed by atoms with E-state index in [9.17, 15) is 32.7 Å². The maximum Gasteiger partial charge on any atom is 0.416 e. The van der Waals surface area contributed by atoms with Crippen LogP contribution in [0.3, 0.4) is 0 Å². The van der Waals surface area contributed by atoms with Gasteiger partial charge in [0.1, 0.15) is 5.60 Å². The minimum absolute atomic E-state index is 0.116. The molecule has 10 nitrogen and oxygen atoms in total. The van der Waals surface area contributed by atoms with Crippen LogP contribution < -0.4 is 20.7 Å². The maximum absolute atomic E-state index is 12.9. The molecule has 0 bridgehead atoms. The van der Waals surface area contributed by atoms with E-state index >= 15 is 0 Å². The van der Waals surface area contributed by atoms with Gasteiger partial charge in [0, 0.05) is 44.0 Å². The topological polar surface area (TPSA) is 133 Å². The molecular weight excluding hydrogens is 539 g/mol. The number of thiazole rings is 1. The summed E-state index contributed by atoms with van der Waals surface area (Å²) in [5, 5.41) is 18.9. The lowest BCUT2D eigenvalue weighted by atomic mass is 9.81. The summed E-state index contributed by atoms with van der Waals surface area (Å²) in [6.45, 7) is 1.05. The number of carbonyl (C=O) groups is 3. The molecule has 212 valence electrons. The van der Waals surface area contributed by atoms with Crippen LogP contribution >= 0.6 is 11.3 Å². The average molecular weight is 570 g/mol. The molecular formula is C25H30F3N5O5S. The first kappa shape index (κ1) is 28.8. The summed E-state index contributed by atoms with van der Waals surface area (Å²) < 4.78 is 43.7. The maximum atomic E-state index is 12.9. The number of aliphatic hydroxyl groups is 1. The summed E-state index contributed by atoms with van der Waals surface area (Å²) >= 11 is 1.14. The predicted octanol–water partition coefficient (Wildman–Crippen LogP) is 2.63. The van der Waals surface area contributed by atoms with E-state index in [1.54, 1.807) is 0 Å². The smallest absolute Gasteiger partial charge is 0.384 e. The highest BCUT2D eigenvalue weighted by molar-refractivity contribution is 7.13. The third kappa shape index (κ3) is 7.25. The first-order chi connectivity index (χ1) is 18.5. The summed E-state index contributed by atoms with van der Waals surface area (Å²) in [5.74, 6) is -1.17. The molecule has 1 saturated carbocycles. The largest absolute Gasteiger partial charge is 0.416 e. The van der Waals surface area contributed by atoms with Gasteiger partial charge < -0.3 is 25.8 Å². The molecule has 2 aromatic rings. The van der Waals surface area contributed by atoms with Gasteiger partial charge in [-0.15, -0.1) is 0 Å². The number of hydrogen-bond donors (Lipinski definition) is 4. The fourth-order valence-electron chi connectivity index (χ4n) is 4.96. The Balaban J connectivity index is 1.21. The second-order valence-electron chi connectivity index (χ2n) is 9.70. The van der Waals surface area contributed by atoms with Gasteiger partial charge in [-0.1, -0.05) is 17.4 Å². The van der Waals surface area contributed by atoms with Gasteiger partial charge in [0.05, 0.1) is 17.0 Å². The molecule has 2 fully saturated rings. The van der Waals surface area contributed by atoms with E-state index in [2.05, 4.69) is 25.8 Å². The first-order valence-electron chi connectivity index (χ1n) is 12.5. The van der Waals surface area contributed by atoms with E-state index in [1.165, 1.54) is 19.3 Å². The molecule has 1 saturated heterocycles. The zero-order valence-electron chi connectivity index (χ0n) is 21.2. The van der Waals surface area contributed by atoms with E-state index in [4.69, 9.17) is 4.74 Å². The monoisotopic (exact) mass is 569 g/mol. The third-order valence-corrected chi connectivity index (χ3v) is 8.14. The molecule has 1 aliphatic carbocycles. The van der Waals surface area contributed by atoms with Crippen molar-refractivity contribution >= 4 is 29.2 Å². The number of nitrogens with one attached hydrogen (secondary N) is 3. The lowest BCUT2D eigenvalue weighted by Crippen LogP contribution is -2.45. The molecule has 1 aromatic heterocycles. The molecule has 1 atom stereocenters. The summed E-state index contributed by atoms with van der Waals surface area (Å²) in [4.78, 5) is 43.0. The van der Waals surface area contributed by atoms with Gasteiger partial charge in [0.2, 0.25) is 5.91 Å². The minimum Gasteiger partial charge on any atom is -0.384 e. The number of benzene rings is 1. The van der Waals surface area contributed by atoms with E-state index < -0.39 is 35.2 Å². The molecule has 0 unspecified atom stereocenters. The van der Waals surface area contributed by atoms with Crippen molar-refractivity contribution in [3.63, 3.8) is 0 Å². The van der Waals surface area contributed by atoms with Crippen LogP contribution in [0.1, 0.15) is 52.9 Å². The fourth-order valence-corrected chi connectivity index (χ4v) is 5.87. The lowest BCUT2D eigenvalue weighted by molar-refractivity contribution is -0.137.